The Morgan fingerprint density at radius 1 is 0.294 bits per heavy atom. The van der Waals surface area contributed by atoms with Crippen LogP contribution in [0.4, 0.5) is 0 Å². The van der Waals surface area contributed by atoms with Crippen LogP contribution in [0.25, 0.3) is 0 Å². The Balaban J connectivity index is 2.01. The molecule has 0 bridgehead atoms. The largest absolute Gasteiger partial charge is 0.317 e. The van der Waals surface area contributed by atoms with Gasteiger partial charge >= 0.3 is 0 Å². The molecule has 1 fully saturated rings. The van der Waals surface area contributed by atoms with Crippen LogP contribution in [0.5, 0.6) is 0 Å². The maximum absolute atomic E-state index is 3.54. The van der Waals surface area contributed by atoms with Crippen molar-refractivity contribution >= 4 is 0 Å². The van der Waals surface area contributed by atoms with E-state index in [9.17, 15) is 0 Å². The molecule has 3 nitrogen and oxygen atoms in total. The van der Waals surface area contributed by atoms with E-state index in [0.29, 0.717) is 0 Å². The van der Waals surface area contributed by atoms with Gasteiger partial charge in [-0.1, -0.05) is 12.8 Å². The molecular formula is C14H31N3. The van der Waals surface area contributed by atoms with E-state index in [2.05, 4.69) is 16.0 Å². The zero-order valence-corrected chi connectivity index (χ0v) is 11.4. The molecule has 0 aliphatic carbocycles. The summed E-state index contributed by atoms with van der Waals surface area (Å²) in [6, 6.07) is 0. The maximum atomic E-state index is 3.54. The molecule has 1 rings (SSSR count). The van der Waals surface area contributed by atoms with Gasteiger partial charge in [0.25, 0.3) is 0 Å². The van der Waals surface area contributed by atoms with E-state index in [1.54, 1.807) is 0 Å². The minimum absolute atomic E-state index is 1.19. The van der Waals surface area contributed by atoms with Crippen LogP contribution in [0, 0.1) is 0 Å². The highest BCUT2D eigenvalue weighted by Crippen LogP contribution is 1.96. The Morgan fingerprint density at radius 2 is 0.529 bits per heavy atom. The maximum Gasteiger partial charge on any atom is -0.00484 e. The summed E-state index contributed by atoms with van der Waals surface area (Å²) in [5.74, 6) is 0. The molecular weight excluding hydrogens is 210 g/mol. The van der Waals surface area contributed by atoms with Gasteiger partial charge in [0, 0.05) is 0 Å². The van der Waals surface area contributed by atoms with Crippen molar-refractivity contribution in [3.05, 3.63) is 0 Å². The van der Waals surface area contributed by atoms with E-state index in [0.717, 1.165) is 0 Å². The lowest BCUT2D eigenvalue weighted by Gasteiger charge is -2.05. The van der Waals surface area contributed by atoms with Crippen molar-refractivity contribution in [3.8, 4) is 0 Å². The van der Waals surface area contributed by atoms with Gasteiger partial charge in [0.05, 0.1) is 0 Å². The molecule has 102 valence electrons. The van der Waals surface area contributed by atoms with Crippen LogP contribution in [0.2, 0.25) is 0 Å². The molecule has 1 heterocycles. The summed E-state index contributed by atoms with van der Waals surface area (Å²) < 4.78 is 0. The lowest BCUT2D eigenvalue weighted by Crippen LogP contribution is -2.20. The Bertz CT molecular complexity index is 80.9. The van der Waals surface area contributed by atoms with Crippen molar-refractivity contribution in [1.29, 1.82) is 0 Å². The molecule has 0 amide bonds. The molecule has 0 atom stereocenters. The van der Waals surface area contributed by atoms with Gasteiger partial charge in [0.2, 0.25) is 0 Å². The van der Waals surface area contributed by atoms with Gasteiger partial charge < -0.3 is 16.0 Å². The lowest BCUT2D eigenvalue weighted by molar-refractivity contribution is 0.554. The normalized spacial score (nSPS) is 24.0. The second kappa shape index (κ2) is 12.3. The van der Waals surface area contributed by atoms with Crippen LogP contribution < -0.4 is 16.0 Å². The zero-order valence-electron chi connectivity index (χ0n) is 11.4. The predicted molar refractivity (Wildman–Crippen MR) is 75.5 cm³/mol. The smallest absolute Gasteiger partial charge is 0.00484 e. The summed E-state index contributed by atoms with van der Waals surface area (Å²) in [4.78, 5) is 0. The van der Waals surface area contributed by atoms with Crippen molar-refractivity contribution in [2.75, 3.05) is 39.3 Å². The van der Waals surface area contributed by atoms with Gasteiger partial charge in [-0.15, -0.1) is 0 Å². The van der Waals surface area contributed by atoms with Crippen LogP contribution >= 0.6 is 0 Å². The summed E-state index contributed by atoms with van der Waals surface area (Å²) in [6.07, 6.45) is 10.7. The molecule has 17 heavy (non-hydrogen) atoms. The summed E-state index contributed by atoms with van der Waals surface area (Å²) in [5, 5.41) is 10.6. The molecule has 0 aromatic carbocycles. The topological polar surface area (TPSA) is 36.1 Å². The van der Waals surface area contributed by atoms with Crippen molar-refractivity contribution in [3.63, 3.8) is 0 Å². The van der Waals surface area contributed by atoms with Crippen molar-refractivity contribution in [1.82, 2.24) is 16.0 Å². The zero-order chi connectivity index (χ0) is 12.0. The Morgan fingerprint density at radius 3 is 0.824 bits per heavy atom. The van der Waals surface area contributed by atoms with Gasteiger partial charge in [-0.3, -0.25) is 0 Å². The van der Waals surface area contributed by atoms with Gasteiger partial charge in [-0.05, 0) is 77.8 Å². The molecule has 1 saturated heterocycles. The average Bonchev–Trinajstić information content (AvgIpc) is 2.35. The van der Waals surface area contributed by atoms with Crippen molar-refractivity contribution in [2.45, 2.75) is 51.4 Å². The van der Waals surface area contributed by atoms with Gasteiger partial charge in [0.15, 0.2) is 0 Å². The number of rotatable bonds is 0. The first-order chi connectivity index (χ1) is 8.50. The molecule has 3 heteroatoms. The Hall–Kier alpha value is -0.120. The molecule has 0 saturated carbocycles. The fraction of sp³-hybridized carbons (Fsp3) is 1.00. The molecule has 1 aliphatic rings. The van der Waals surface area contributed by atoms with Crippen LogP contribution in [0.15, 0.2) is 0 Å². The first-order valence-electron chi connectivity index (χ1n) is 7.62. The second-order valence-electron chi connectivity index (χ2n) is 5.08. The first kappa shape index (κ1) is 14.9. The molecule has 0 aromatic heterocycles. The van der Waals surface area contributed by atoms with E-state index < -0.39 is 0 Å². The Labute approximate surface area is 107 Å². The molecule has 3 N–H and O–H groups in total. The highest BCUT2D eigenvalue weighted by molar-refractivity contribution is 4.56. The highest BCUT2D eigenvalue weighted by atomic mass is 14.9. The van der Waals surface area contributed by atoms with E-state index in [1.807, 2.05) is 0 Å². The lowest BCUT2D eigenvalue weighted by atomic mass is 10.2. The van der Waals surface area contributed by atoms with Gasteiger partial charge in [0.1, 0.15) is 0 Å². The molecule has 0 aromatic rings. The van der Waals surface area contributed by atoms with Crippen LogP contribution in [-0.4, -0.2) is 39.3 Å². The molecule has 0 unspecified atom stereocenters. The average molecular weight is 241 g/mol. The van der Waals surface area contributed by atoms with E-state index in [1.165, 1.54) is 90.6 Å². The second-order valence-corrected chi connectivity index (χ2v) is 5.08. The summed E-state index contributed by atoms with van der Waals surface area (Å²) in [7, 11) is 0. The highest BCUT2D eigenvalue weighted by Gasteiger charge is 1.94. The Kier molecular flexibility index (Phi) is 10.8. The van der Waals surface area contributed by atoms with Crippen molar-refractivity contribution in [2.24, 2.45) is 0 Å². The van der Waals surface area contributed by atoms with Crippen LogP contribution in [-0.2, 0) is 0 Å². The first-order valence-corrected chi connectivity index (χ1v) is 7.62. The van der Waals surface area contributed by atoms with Gasteiger partial charge in [-0.25, -0.2) is 0 Å². The number of hydrogen-bond donors (Lipinski definition) is 3. The third kappa shape index (κ3) is 10.7. The quantitative estimate of drug-likeness (QED) is 0.606. The van der Waals surface area contributed by atoms with E-state index in [-0.39, 0.29) is 0 Å². The SMILES string of the molecule is C1CCNCCCCCNCCCCNCC1. The fourth-order valence-electron chi connectivity index (χ4n) is 2.23. The molecule has 0 radical (unpaired) electrons. The van der Waals surface area contributed by atoms with E-state index >= 15 is 0 Å². The molecule has 0 spiro atoms. The van der Waals surface area contributed by atoms with Crippen molar-refractivity contribution < 1.29 is 0 Å². The summed E-state index contributed by atoms with van der Waals surface area (Å²) in [5.41, 5.74) is 0. The fourth-order valence-corrected chi connectivity index (χ4v) is 2.23. The standard InChI is InChI=1S/C14H31N3/c1-3-9-15-10-4-2-6-12-17-14-8-7-13-16-11-5-1/h15-17H,1-14H2. The minimum atomic E-state index is 1.19. The third-order valence-electron chi connectivity index (χ3n) is 3.37. The minimum Gasteiger partial charge on any atom is -0.317 e. The van der Waals surface area contributed by atoms with Gasteiger partial charge in [-0.2, -0.15) is 0 Å². The summed E-state index contributed by atoms with van der Waals surface area (Å²) >= 11 is 0. The number of nitrogens with one attached hydrogen (secondary N) is 3. The third-order valence-corrected chi connectivity index (χ3v) is 3.37. The van der Waals surface area contributed by atoms with Crippen LogP contribution in [0.3, 0.4) is 0 Å². The monoisotopic (exact) mass is 241 g/mol. The number of hydrogen-bond acceptors (Lipinski definition) is 3. The molecule has 1 aliphatic heterocycles. The summed E-state index contributed by atoms with van der Waals surface area (Å²) in [6.45, 7) is 7.21. The van der Waals surface area contributed by atoms with Crippen LogP contribution in [0.1, 0.15) is 51.4 Å². The predicted octanol–water partition coefficient (Wildman–Crippen LogP) is 1.89. The van der Waals surface area contributed by atoms with E-state index in [4.69, 9.17) is 0 Å².